The van der Waals surface area contributed by atoms with E-state index in [1.807, 2.05) is 30.5 Å². The molecule has 5 heterocycles. The average Bonchev–Trinajstić information content (AvgIpc) is 3.05. The predicted octanol–water partition coefficient (Wildman–Crippen LogP) is 2.99. The van der Waals surface area contributed by atoms with E-state index in [4.69, 9.17) is 4.74 Å². The summed E-state index contributed by atoms with van der Waals surface area (Å²) >= 11 is 1.46. The summed E-state index contributed by atoms with van der Waals surface area (Å²) in [5, 5.41) is 3.65. The van der Waals surface area contributed by atoms with E-state index >= 15 is 0 Å². The van der Waals surface area contributed by atoms with Gasteiger partial charge in [0.15, 0.2) is 5.06 Å². The molecule has 6 heteroatoms. The van der Waals surface area contributed by atoms with Gasteiger partial charge in [-0.1, -0.05) is 17.4 Å². The average molecular weight is 329 g/mol. The molecule has 2 bridgehead atoms. The molecular weight excluding hydrogens is 310 g/mol. The molecule has 0 unspecified atom stereocenters. The first-order valence-corrected chi connectivity index (χ1v) is 8.80. The minimum Gasteiger partial charge on any atom is -0.399 e. The summed E-state index contributed by atoms with van der Waals surface area (Å²) < 4.78 is 5.46. The molecule has 3 aliphatic rings. The molecule has 0 spiro atoms. The van der Waals surface area contributed by atoms with E-state index in [2.05, 4.69) is 15.2 Å². The Hall–Kier alpha value is -1.92. The maximum absolute atomic E-state index is 12.1. The number of ether oxygens (including phenoxy) is 1. The zero-order valence-corrected chi connectivity index (χ0v) is 13.6. The van der Waals surface area contributed by atoms with Crippen LogP contribution in [0.3, 0.4) is 0 Å². The molecule has 0 aromatic carbocycles. The minimum absolute atomic E-state index is 0.225. The van der Waals surface area contributed by atoms with Crippen LogP contribution in [0.2, 0.25) is 0 Å². The number of carbonyl (C=O) groups is 1. The second-order valence-corrected chi connectivity index (χ2v) is 7.19. The van der Waals surface area contributed by atoms with Crippen molar-refractivity contribution in [1.29, 1.82) is 0 Å². The monoisotopic (exact) mass is 329 g/mol. The summed E-state index contributed by atoms with van der Waals surface area (Å²) in [5.41, 5.74) is 1.03. The minimum atomic E-state index is -0.344. The molecule has 1 N–H and O–H groups in total. The molecule has 0 saturated carbocycles. The molecule has 0 aliphatic carbocycles. The predicted molar refractivity (Wildman–Crippen MR) is 89.7 cm³/mol. The standard InChI is InChI=1S/C17H19N3O2S/c21-17(19-14-11-20-8-5-12(14)6-9-20)22-16-4-3-15(23-16)13-2-1-7-18-10-13/h1-4,7,10,12,14H,5-6,8-9,11H2,(H,19,21)/t14-/m1/s1. The van der Waals surface area contributed by atoms with Gasteiger partial charge in [-0.25, -0.2) is 4.79 Å². The number of carbonyl (C=O) groups excluding carboxylic acids is 1. The van der Waals surface area contributed by atoms with Gasteiger partial charge in [0, 0.05) is 35.4 Å². The van der Waals surface area contributed by atoms with E-state index < -0.39 is 0 Å². The van der Waals surface area contributed by atoms with E-state index in [-0.39, 0.29) is 12.1 Å². The van der Waals surface area contributed by atoms with Crippen LogP contribution in [0.15, 0.2) is 36.7 Å². The van der Waals surface area contributed by atoms with Gasteiger partial charge >= 0.3 is 6.09 Å². The van der Waals surface area contributed by atoms with Crippen LogP contribution in [0.4, 0.5) is 4.79 Å². The summed E-state index contributed by atoms with van der Waals surface area (Å²) in [5.74, 6) is 0.599. The van der Waals surface area contributed by atoms with Crippen LogP contribution >= 0.6 is 11.3 Å². The number of hydrogen-bond acceptors (Lipinski definition) is 5. The first-order chi connectivity index (χ1) is 11.3. The summed E-state index contributed by atoms with van der Waals surface area (Å²) in [4.78, 5) is 19.7. The lowest BCUT2D eigenvalue weighted by Crippen LogP contribution is -2.57. The van der Waals surface area contributed by atoms with Crippen LogP contribution < -0.4 is 10.1 Å². The SMILES string of the molecule is O=C(N[C@@H]1CN2CCC1CC2)Oc1ccc(-c2cccnc2)s1. The molecule has 5 rings (SSSR count). The van der Waals surface area contributed by atoms with Crippen LogP contribution in [0, 0.1) is 5.92 Å². The van der Waals surface area contributed by atoms with E-state index in [0.29, 0.717) is 11.0 Å². The van der Waals surface area contributed by atoms with Gasteiger partial charge in [-0.05, 0) is 50.0 Å². The molecule has 3 aliphatic heterocycles. The summed E-state index contributed by atoms with van der Waals surface area (Å²) in [6, 6.07) is 7.91. The Morgan fingerprint density at radius 3 is 2.87 bits per heavy atom. The van der Waals surface area contributed by atoms with Crippen LogP contribution in [-0.4, -0.2) is 41.7 Å². The lowest BCUT2D eigenvalue weighted by atomic mass is 9.84. The fraction of sp³-hybridized carbons (Fsp3) is 0.412. The number of piperidine rings is 3. The quantitative estimate of drug-likeness (QED) is 0.940. The van der Waals surface area contributed by atoms with Crippen molar-refractivity contribution >= 4 is 17.4 Å². The van der Waals surface area contributed by atoms with Gasteiger partial charge in [-0.3, -0.25) is 4.98 Å². The number of fused-ring (bicyclic) bond motifs is 3. The number of pyridine rings is 1. The first-order valence-electron chi connectivity index (χ1n) is 7.99. The van der Waals surface area contributed by atoms with Crippen molar-refractivity contribution in [1.82, 2.24) is 15.2 Å². The molecular formula is C17H19N3O2S. The third-order valence-corrected chi connectivity index (χ3v) is 5.69. The third kappa shape index (κ3) is 3.23. The van der Waals surface area contributed by atoms with Crippen molar-refractivity contribution in [2.45, 2.75) is 18.9 Å². The second kappa shape index (κ2) is 6.29. The van der Waals surface area contributed by atoms with Crippen LogP contribution in [0.1, 0.15) is 12.8 Å². The van der Waals surface area contributed by atoms with E-state index in [9.17, 15) is 4.79 Å². The molecule has 3 saturated heterocycles. The Kier molecular flexibility index (Phi) is 4.01. The number of rotatable bonds is 3. The highest BCUT2D eigenvalue weighted by atomic mass is 32.1. The molecule has 2 aromatic rings. The number of nitrogens with zero attached hydrogens (tertiary/aromatic N) is 2. The molecule has 2 aromatic heterocycles. The van der Waals surface area contributed by atoms with Gasteiger partial charge in [-0.2, -0.15) is 0 Å². The van der Waals surface area contributed by atoms with Gasteiger partial charge in [0.1, 0.15) is 0 Å². The van der Waals surface area contributed by atoms with Gasteiger partial charge < -0.3 is 15.0 Å². The van der Waals surface area contributed by atoms with Gasteiger partial charge in [0.25, 0.3) is 0 Å². The summed E-state index contributed by atoms with van der Waals surface area (Å²) in [6.45, 7) is 3.28. The Balaban J connectivity index is 1.37. The van der Waals surface area contributed by atoms with Crippen LogP contribution in [-0.2, 0) is 0 Å². The Bertz CT molecular complexity index is 680. The number of hydrogen-bond donors (Lipinski definition) is 1. The Morgan fingerprint density at radius 2 is 2.17 bits per heavy atom. The number of amides is 1. The highest BCUT2D eigenvalue weighted by Gasteiger charge is 2.35. The molecule has 120 valence electrons. The van der Waals surface area contributed by atoms with Crippen molar-refractivity contribution < 1.29 is 9.53 Å². The maximum atomic E-state index is 12.1. The second-order valence-electron chi connectivity index (χ2n) is 6.14. The number of aromatic nitrogens is 1. The number of thiophene rings is 1. The zero-order chi connectivity index (χ0) is 15.6. The van der Waals surface area contributed by atoms with E-state index in [1.54, 1.807) is 6.20 Å². The first kappa shape index (κ1) is 14.7. The molecule has 23 heavy (non-hydrogen) atoms. The van der Waals surface area contributed by atoms with Crippen molar-refractivity contribution in [3.63, 3.8) is 0 Å². The fourth-order valence-electron chi connectivity index (χ4n) is 3.44. The largest absolute Gasteiger partial charge is 0.413 e. The summed E-state index contributed by atoms with van der Waals surface area (Å²) in [7, 11) is 0. The Labute approximate surface area is 139 Å². The van der Waals surface area contributed by atoms with E-state index in [1.165, 1.54) is 24.2 Å². The Morgan fingerprint density at radius 1 is 1.30 bits per heavy atom. The van der Waals surface area contributed by atoms with E-state index in [0.717, 1.165) is 30.1 Å². The third-order valence-electron chi connectivity index (χ3n) is 4.68. The zero-order valence-electron chi connectivity index (χ0n) is 12.8. The lowest BCUT2D eigenvalue weighted by molar-refractivity contribution is 0.0726. The summed E-state index contributed by atoms with van der Waals surface area (Å²) in [6.07, 6.45) is 5.56. The highest BCUT2D eigenvalue weighted by molar-refractivity contribution is 7.17. The molecule has 1 amide bonds. The lowest BCUT2D eigenvalue weighted by Gasteiger charge is -2.44. The van der Waals surface area contributed by atoms with Crippen molar-refractivity contribution in [3.8, 4) is 15.5 Å². The van der Waals surface area contributed by atoms with Crippen LogP contribution in [0.25, 0.3) is 10.4 Å². The molecule has 1 atom stereocenters. The topological polar surface area (TPSA) is 54.5 Å². The number of nitrogens with one attached hydrogen (secondary N) is 1. The normalized spacial score (nSPS) is 26.0. The van der Waals surface area contributed by atoms with Gasteiger partial charge in [-0.15, -0.1) is 0 Å². The highest BCUT2D eigenvalue weighted by Crippen LogP contribution is 2.33. The van der Waals surface area contributed by atoms with Crippen molar-refractivity contribution in [2.24, 2.45) is 5.92 Å². The van der Waals surface area contributed by atoms with Gasteiger partial charge in [0.2, 0.25) is 0 Å². The van der Waals surface area contributed by atoms with Crippen LogP contribution in [0.5, 0.6) is 5.06 Å². The maximum Gasteiger partial charge on any atom is 0.413 e. The molecule has 3 fully saturated rings. The molecule has 0 radical (unpaired) electrons. The fourth-order valence-corrected chi connectivity index (χ4v) is 4.28. The van der Waals surface area contributed by atoms with Crippen molar-refractivity contribution in [2.75, 3.05) is 19.6 Å². The molecule has 5 nitrogen and oxygen atoms in total. The smallest absolute Gasteiger partial charge is 0.399 e. The van der Waals surface area contributed by atoms with Crippen molar-refractivity contribution in [3.05, 3.63) is 36.7 Å². The van der Waals surface area contributed by atoms with Gasteiger partial charge in [0.05, 0.1) is 0 Å².